The molecule has 1 saturated carbocycles. The second kappa shape index (κ2) is 6.93. The van der Waals surface area contributed by atoms with E-state index in [-0.39, 0.29) is 12.1 Å². The Morgan fingerprint density at radius 3 is 3.05 bits per heavy atom. The van der Waals surface area contributed by atoms with E-state index < -0.39 is 0 Å². The van der Waals surface area contributed by atoms with Crippen LogP contribution in [0.4, 0.5) is 0 Å². The third kappa shape index (κ3) is 4.09. The van der Waals surface area contributed by atoms with E-state index in [1.165, 1.54) is 6.42 Å². The summed E-state index contributed by atoms with van der Waals surface area (Å²) in [6.07, 6.45) is 6.08. The van der Waals surface area contributed by atoms with E-state index >= 15 is 0 Å². The number of aromatic nitrogens is 1. The lowest BCUT2D eigenvalue weighted by atomic mass is 9.82. The van der Waals surface area contributed by atoms with Crippen molar-refractivity contribution in [3.05, 3.63) is 23.4 Å². The van der Waals surface area contributed by atoms with E-state index in [1.54, 1.807) is 18.0 Å². The van der Waals surface area contributed by atoms with Gasteiger partial charge in [0.25, 0.3) is 0 Å². The molecule has 19 heavy (non-hydrogen) atoms. The number of hydrogen-bond acceptors (Lipinski definition) is 4. The van der Waals surface area contributed by atoms with E-state index in [0.717, 1.165) is 30.8 Å². The van der Waals surface area contributed by atoms with Gasteiger partial charge >= 0.3 is 0 Å². The summed E-state index contributed by atoms with van der Waals surface area (Å²) in [4.78, 5) is 4.34. The second-order valence-corrected chi connectivity index (χ2v) is 6.88. The minimum Gasteiger partial charge on any atom is -0.394 e. The van der Waals surface area contributed by atoms with Gasteiger partial charge in [0, 0.05) is 17.0 Å². The average molecular weight is 301 g/mol. The predicted molar refractivity (Wildman–Crippen MR) is 80.9 cm³/mol. The highest BCUT2D eigenvalue weighted by atomic mass is 35.5. The topological polar surface area (TPSA) is 45.1 Å². The summed E-state index contributed by atoms with van der Waals surface area (Å²) >= 11 is 7.64. The van der Waals surface area contributed by atoms with Crippen LogP contribution in [0, 0.1) is 0 Å². The number of aliphatic hydroxyl groups is 1. The monoisotopic (exact) mass is 300 g/mol. The molecule has 1 heterocycles. The van der Waals surface area contributed by atoms with Gasteiger partial charge in [-0.15, -0.1) is 11.8 Å². The number of nitrogens with zero attached hydrogens (tertiary/aromatic N) is 1. The molecular formula is C14H21ClN2OS. The molecular weight excluding hydrogens is 280 g/mol. The van der Waals surface area contributed by atoms with Crippen molar-refractivity contribution in [2.45, 2.75) is 48.4 Å². The smallest absolute Gasteiger partial charge is 0.0963 e. The number of nitrogens with one attached hydrogen (secondary N) is 1. The van der Waals surface area contributed by atoms with Crippen LogP contribution in [0.3, 0.4) is 0 Å². The molecule has 0 spiro atoms. The summed E-state index contributed by atoms with van der Waals surface area (Å²) in [7, 11) is 0. The highest BCUT2D eigenvalue weighted by Crippen LogP contribution is 2.37. The first-order valence-electron chi connectivity index (χ1n) is 6.81. The molecule has 5 heteroatoms. The van der Waals surface area contributed by atoms with Crippen molar-refractivity contribution in [1.82, 2.24) is 10.3 Å². The Hall–Kier alpha value is -0.290. The zero-order valence-electron chi connectivity index (χ0n) is 11.2. The van der Waals surface area contributed by atoms with Gasteiger partial charge < -0.3 is 10.4 Å². The number of pyridine rings is 1. The van der Waals surface area contributed by atoms with Gasteiger partial charge in [0.15, 0.2) is 0 Å². The number of aliphatic hydroxyl groups excluding tert-OH is 1. The lowest BCUT2D eigenvalue weighted by molar-refractivity contribution is 0.125. The molecule has 1 aromatic rings. The molecule has 0 bridgehead atoms. The van der Waals surface area contributed by atoms with E-state index in [1.807, 2.05) is 12.1 Å². The van der Waals surface area contributed by atoms with Crippen LogP contribution in [0.5, 0.6) is 0 Å². The molecule has 1 aliphatic rings. The van der Waals surface area contributed by atoms with Gasteiger partial charge in [-0.1, -0.05) is 24.9 Å². The third-order valence-corrected chi connectivity index (χ3v) is 5.08. The Kier molecular flexibility index (Phi) is 5.51. The fraction of sp³-hybridized carbons (Fsp3) is 0.643. The Balaban J connectivity index is 1.99. The molecule has 0 radical (unpaired) electrons. The number of rotatable bonds is 5. The van der Waals surface area contributed by atoms with E-state index in [9.17, 15) is 5.11 Å². The molecule has 1 aliphatic carbocycles. The molecule has 2 atom stereocenters. The van der Waals surface area contributed by atoms with Crippen molar-refractivity contribution in [1.29, 1.82) is 0 Å². The fourth-order valence-corrected chi connectivity index (χ4v) is 4.15. The number of hydrogen-bond donors (Lipinski definition) is 2. The molecule has 2 N–H and O–H groups in total. The van der Waals surface area contributed by atoms with Crippen LogP contribution in [-0.2, 0) is 0 Å². The highest BCUT2D eigenvalue weighted by Gasteiger charge is 2.35. The Labute approximate surface area is 124 Å². The van der Waals surface area contributed by atoms with Crippen molar-refractivity contribution < 1.29 is 5.11 Å². The van der Waals surface area contributed by atoms with E-state index in [2.05, 4.69) is 17.2 Å². The fourth-order valence-electron chi connectivity index (χ4n) is 2.75. The largest absolute Gasteiger partial charge is 0.394 e. The van der Waals surface area contributed by atoms with Crippen LogP contribution >= 0.6 is 23.4 Å². The van der Waals surface area contributed by atoms with Gasteiger partial charge in [0.1, 0.15) is 0 Å². The summed E-state index contributed by atoms with van der Waals surface area (Å²) in [5, 5.41) is 15.3. The summed E-state index contributed by atoms with van der Waals surface area (Å²) in [5.74, 6) is 0. The molecule has 106 valence electrons. The van der Waals surface area contributed by atoms with Gasteiger partial charge in [0.05, 0.1) is 16.7 Å². The van der Waals surface area contributed by atoms with Gasteiger partial charge in [-0.05, 0) is 37.9 Å². The lowest BCUT2D eigenvalue weighted by Crippen LogP contribution is -2.52. The van der Waals surface area contributed by atoms with Crippen LogP contribution in [0.15, 0.2) is 23.4 Å². The van der Waals surface area contributed by atoms with Gasteiger partial charge in [-0.25, -0.2) is 4.98 Å². The predicted octanol–water partition coefficient (Wildman–Crippen LogP) is 3.11. The Morgan fingerprint density at radius 2 is 2.42 bits per heavy atom. The van der Waals surface area contributed by atoms with Crippen LogP contribution in [0.1, 0.15) is 32.6 Å². The molecule has 2 rings (SSSR count). The molecule has 0 amide bonds. The van der Waals surface area contributed by atoms with Crippen molar-refractivity contribution >= 4 is 23.4 Å². The minimum atomic E-state index is -0.100. The quantitative estimate of drug-likeness (QED) is 0.877. The highest BCUT2D eigenvalue weighted by molar-refractivity contribution is 7.99. The van der Waals surface area contributed by atoms with Crippen LogP contribution in [0.25, 0.3) is 0 Å². The molecule has 3 nitrogen and oxygen atoms in total. The number of likely N-dealkylation sites (N-methyl/N-ethyl adjacent to an activating group) is 1. The maximum atomic E-state index is 9.69. The van der Waals surface area contributed by atoms with E-state index in [0.29, 0.717) is 10.3 Å². The molecule has 0 saturated heterocycles. The second-order valence-electron chi connectivity index (χ2n) is 5.12. The summed E-state index contributed by atoms with van der Waals surface area (Å²) in [5.41, 5.74) is -0.100. The van der Waals surface area contributed by atoms with Gasteiger partial charge in [0.2, 0.25) is 0 Å². The Morgan fingerprint density at radius 1 is 1.58 bits per heavy atom. The van der Waals surface area contributed by atoms with Crippen molar-refractivity contribution in [2.24, 2.45) is 0 Å². The first kappa shape index (κ1) is 15.1. The minimum absolute atomic E-state index is 0.100. The zero-order valence-corrected chi connectivity index (χ0v) is 12.8. The molecule has 1 fully saturated rings. The van der Waals surface area contributed by atoms with Crippen LogP contribution in [0.2, 0.25) is 5.02 Å². The maximum Gasteiger partial charge on any atom is 0.0963 e. The van der Waals surface area contributed by atoms with Gasteiger partial charge in [-0.3, -0.25) is 0 Å². The third-order valence-electron chi connectivity index (χ3n) is 3.64. The zero-order chi connectivity index (χ0) is 13.7. The summed E-state index contributed by atoms with van der Waals surface area (Å²) in [6, 6.07) is 3.85. The van der Waals surface area contributed by atoms with Crippen LogP contribution in [-0.4, -0.2) is 34.0 Å². The first-order valence-corrected chi connectivity index (χ1v) is 8.07. The van der Waals surface area contributed by atoms with Crippen molar-refractivity contribution in [3.63, 3.8) is 0 Å². The summed E-state index contributed by atoms with van der Waals surface area (Å²) in [6.45, 7) is 3.21. The van der Waals surface area contributed by atoms with Gasteiger partial charge in [-0.2, -0.15) is 0 Å². The summed E-state index contributed by atoms with van der Waals surface area (Å²) < 4.78 is 0. The lowest BCUT2D eigenvalue weighted by Gasteiger charge is -2.40. The maximum absolute atomic E-state index is 9.69. The molecule has 0 aliphatic heterocycles. The molecule has 1 aromatic heterocycles. The Bertz CT molecular complexity index is 397. The molecule has 2 unspecified atom stereocenters. The van der Waals surface area contributed by atoms with Crippen molar-refractivity contribution in [3.8, 4) is 0 Å². The number of halogens is 1. The van der Waals surface area contributed by atoms with Crippen molar-refractivity contribution in [2.75, 3.05) is 13.2 Å². The normalized spacial score (nSPS) is 27.4. The average Bonchev–Trinajstić information content (AvgIpc) is 2.42. The SMILES string of the molecule is CCNC1(CO)CCCC(Sc2ccc(Cl)cn2)C1. The number of thioether (sulfide) groups is 1. The first-order chi connectivity index (χ1) is 9.17. The molecule has 0 aromatic carbocycles. The standard InChI is InChI=1S/C14H21ClN2OS/c1-2-17-14(10-18)7-3-4-12(8-14)19-13-6-5-11(15)9-16-13/h5-6,9,12,17-18H,2-4,7-8,10H2,1H3. The van der Waals surface area contributed by atoms with Crippen LogP contribution < -0.4 is 5.32 Å². The van der Waals surface area contributed by atoms with E-state index in [4.69, 9.17) is 11.6 Å².